The molecule has 0 bridgehead atoms. The lowest BCUT2D eigenvalue weighted by molar-refractivity contribution is -0.127. The van der Waals surface area contributed by atoms with E-state index in [0.717, 1.165) is 0 Å². The lowest BCUT2D eigenvalue weighted by atomic mass is 9.81. The number of nitrogens with zero attached hydrogens (tertiary/aromatic N) is 2. The average molecular weight is 283 g/mol. The summed E-state index contributed by atoms with van der Waals surface area (Å²) in [6.45, 7) is 9.86. The summed E-state index contributed by atoms with van der Waals surface area (Å²) in [5, 5.41) is 6.32. The molecule has 1 heterocycles. The van der Waals surface area contributed by atoms with E-state index in [1.54, 1.807) is 6.92 Å². The van der Waals surface area contributed by atoms with Crippen LogP contribution in [0.3, 0.4) is 0 Å². The van der Waals surface area contributed by atoms with Crippen molar-refractivity contribution in [2.45, 2.75) is 41.2 Å². The van der Waals surface area contributed by atoms with Gasteiger partial charge in [-0.1, -0.05) is 32.9 Å². The van der Waals surface area contributed by atoms with Gasteiger partial charge in [0, 0.05) is 5.92 Å². The van der Waals surface area contributed by atoms with Gasteiger partial charge in [-0.05, 0) is 12.3 Å². The van der Waals surface area contributed by atoms with Gasteiger partial charge in [-0.3, -0.25) is 4.79 Å². The fourth-order valence-electron chi connectivity index (χ4n) is 1.31. The third-order valence-corrected chi connectivity index (χ3v) is 3.03. The van der Waals surface area contributed by atoms with Gasteiger partial charge < -0.3 is 14.6 Å². The SMILES string of the molecule is CCOC(=O)c1nc(CNC(=O)C(C)C(C)(C)C)no1. The first-order valence-electron chi connectivity index (χ1n) is 6.53. The van der Waals surface area contributed by atoms with Gasteiger partial charge in [0.2, 0.25) is 5.91 Å². The summed E-state index contributed by atoms with van der Waals surface area (Å²) in [4.78, 5) is 27.1. The Labute approximate surface area is 118 Å². The molecular formula is C13H21N3O4. The van der Waals surface area contributed by atoms with Crippen LogP contribution in [0.1, 0.15) is 51.1 Å². The molecule has 20 heavy (non-hydrogen) atoms. The highest BCUT2D eigenvalue weighted by molar-refractivity contribution is 5.84. The van der Waals surface area contributed by atoms with Crippen molar-refractivity contribution in [1.29, 1.82) is 0 Å². The molecule has 0 aliphatic heterocycles. The Balaban J connectivity index is 2.55. The Kier molecular flexibility index (Phi) is 5.24. The minimum Gasteiger partial charge on any atom is -0.459 e. The van der Waals surface area contributed by atoms with Gasteiger partial charge >= 0.3 is 11.9 Å². The molecule has 1 rings (SSSR count). The average Bonchev–Trinajstić information content (AvgIpc) is 2.83. The molecule has 112 valence electrons. The largest absolute Gasteiger partial charge is 0.459 e. The third kappa shape index (κ3) is 4.32. The van der Waals surface area contributed by atoms with Crippen LogP contribution in [0.5, 0.6) is 0 Å². The Morgan fingerprint density at radius 3 is 2.60 bits per heavy atom. The monoisotopic (exact) mass is 283 g/mol. The van der Waals surface area contributed by atoms with Crippen LogP contribution in [-0.2, 0) is 16.1 Å². The first kappa shape index (κ1) is 16.1. The van der Waals surface area contributed by atoms with Crippen LogP contribution >= 0.6 is 0 Å². The molecule has 1 aromatic rings. The lowest BCUT2D eigenvalue weighted by Crippen LogP contribution is -2.36. The van der Waals surface area contributed by atoms with E-state index in [4.69, 9.17) is 9.26 Å². The summed E-state index contributed by atoms with van der Waals surface area (Å²) in [6, 6.07) is 0. The summed E-state index contributed by atoms with van der Waals surface area (Å²) in [6.07, 6.45) is 0. The second-order valence-corrected chi connectivity index (χ2v) is 5.54. The van der Waals surface area contributed by atoms with E-state index in [9.17, 15) is 9.59 Å². The zero-order valence-corrected chi connectivity index (χ0v) is 12.5. The van der Waals surface area contributed by atoms with Crippen LogP contribution < -0.4 is 5.32 Å². The maximum atomic E-state index is 11.9. The minimum absolute atomic E-state index is 0.0972. The van der Waals surface area contributed by atoms with Crippen LogP contribution in [-0.4, -0.2) is 28.6 Å². The standard InChI is InChI=1S/C13H21N3O4/c1-6-19-12(18)11-15-9(16-20-11)7-14-10(17)8(2)13(3,4)5/h8H,6-7H2,1-5H3,(H,14,17). The number of amides is 1. The Morgan fingerprint density at radius 1 is 1.40 bits per heavy atom. The maximum Gasteiger partial charge on any atom is 0.397 e. The van der Waals surface area contributed by atoms with Crippen molar-refractivity contribution in [2.75, 3.05) is 6.61 Å². The van der Waals surface area contributed by atoms with E-state index < -0.39 is 5.97 Å². The van der Waals surface area contributed by atoms with Crippen molar-refractivity contribution >= 4 is 11.9 Å². The first-order chi connectivity index (χ1) is 9.25. The number of carbonyl (C=O) groups is 2. The van der Waals surface area contributed by atoms with Gasteiger partial charge in [-0.15, -0.1) is 0 Å². The Morgan fingerprint density at radius 2 is 2.05 bits per heavy atom. The zero-order chi connectivity index (χ0) is 15.3. The molecule has 0 aliphatic carbocycles. The van der Waals surface area contributed by atoms with E-state index in [1.807, 2.05) is 27.7 Å². The number of rotatable bonds is 5. The van der Waals surface area contributed by atoms with E-state index in [2.05, 4.69) is 15.5 Å². The highest BCUT2D eigenvalue weighted by Crippen LogP contribution is 2.25. The molecule has 0 aliphatic rings. The fourth-order valence-corrected chi connectivity index (χ4v) is 1.31. The number of hydrogen-bond donors (Lipinski definition) is 1. The first-order valence-corrected chi connectivity index (χ1v) is 6.53. The van der Waals surface area contributed by atoms with Crippen molar-refractivity contribution in [3.63, 3.8) is 0 Å². The topological polar surface area (TPSA) is 94.3 Å². The minimum atomic E-state index is -0.666. The molecular weight excluding hydrogens is 262 g/mol. The molecule has 0 fully saturated rings. The summed E-state index contributed by atoms with van der Waals surface area (Å²) in [5.41, 5.74) is -0.128. The van der Waals surface area contributed by atoms with Crippen LogP contribution in [0.25, 0.3) is 0 Å². The molecule has 0 saturated heterocycles. The molecule has 1 atom stereocenters. The molecule has 7 nitrogen and oxygen atoms in total. The van der Waals surface area contributed by atoms with Crippen molar-refractivity contribution in [3.05, 3.63) is 11.7 Å². The summed E-state index contributed by atoms with van der Waals surface area (Å²) in [5.74, 6) is -0.887. The number of ether oxygens (including phenoxy) is 1. The Hall–Kier alpha value is -1.92. The maximum absolute atomic E-state index is 11.9. The summed E-state index contributed by atoms with van der Waals surface area (Å²) >= 11 is 0. The normalized spacial score (nSPS) is 12.8. The molecule has 0 spiro atoms. The Bertz CT molecular complexity index is 476. The van der Waals surface area contributed by atoms with E-state index in [1.165, 1.54) is 0 Å². The van der Waals surface area contributed by atoms with Crippen LogP contribution in [0, 0.1) is 11.3 Å². The molecule has 0 aromatic carbocycles. The van der Waals surface area contributed by atoms with E-state index in [-0.39, 0.29) is 42.1 Å². The number of esters is 1. The number of hydrogen-bond acceptors (Lipinski definition) is 6. The third-order valence-electron chi connectivity index (χ3n) is 3.03. The smallest absolute Gasteiger partial charge is 0.397 e. The quantitative estimate of drug-likeness (QED) is 0.824. The number of carbonyl (C=O) groups excluding carboxylic acids is 2. The second kappa shape index (κ2) is 6.49. The highest BCUT2D eigenvalue weighted by atomic mass is 16.6. The van der Waals surface area contributed by atoms with Gasteiger partial charge in [0.05, 0.1) is 13.2 Å². The van der Waals surface area contributed by atoms with Crippen molar-refractivity contribution in [1.82, 2.24) is 15.5 Å². The van der Waals surface area contributed by atoms with Crippen molar-refractivity contribution in [2.24, 2.45) is 11.3 Å². The number of aromatic nitrogens is 2. The molecule has 0 saturated carbocycles. The number of nitrogens with one attached hydrogen (secondary N) is 1. The van der Waals surface area contributed by atoms with Gasteiger partial charge in [-0.25, -0.2) is 4.79 Å². The zero-order valence-electron chi connectivity index (χ0n) is 12.5. The van der Waals surface area contributed by atoms with Crippen LogP contribution in [0.15, 0.2) is 4.52 Å². The molecule has 1 N–H and O–H groups in total. The van der Waals surface area contributed by atoms with E-state index in [0.29, 0.717) is 0 Å². The molecule has 1 aromatic heterocycles. The van der Waals surface area contributed by atoms with Crippen LogP contribution in [0.2, 0.25) is 0 Å². The molecule has 1 amide bonds. The van der Waals surface area contributed by atoms with E-state index >= 15 is 0 Å². The van der Waals surface area contributed by atoms with Crippen LogP contribution in [0.4, 0.5) is 0 Å². The highest BCUT2D eigenvalue weighted by Gasteiger charge is 2.26. The van der Waals surface area contributed by atoms with Gasteiger partial charge in [0.1, 0.15) is 0 Å². The van der Waals surface area contributed by atoms with Crippen molar-refractivity contribution in [3.8, 4) is 0 Å². The second-order valence-electron chi connectivity index (χ2n) is 5.54. The summed E-state index contributed by atoms with van der Waals surface area (Å²) < 4.78 is 9.48. The lowest BCUT2D eigenvalue weighted by Gasteiger charge is -2.25. The molecule has 7 heteroatoms. The molecule has 0 radical (unpaired) electrons. The van der Waals surface area contributed by atoms with Gasteiger partial charge in [0.25, 0.3) is 0 Å². The fraction of sp³-hybridized carbons (Fsp3) is 0.692. The predicted octanol–water partition coefficient (Wildman–Crippen LogP) is 1.54. The van der Waals surface area contributed by atoms with Crippen molar-refractivity contribution < 1.29 is 18.8 Å². The predicted molar refractivity (Wildman–Crippen MR) is 70.7 cm³/mol. The van der Waals surface area contributed by atoms with Gasteiger partial charge in [0.15, 0.2) is 5.82 Å². The summed E-state index contributed by atoms with van der Waals surface area (Å²) in [7, 11) is 0. The van der Waals surface area contributed by atoms with Gasteiger partial charge in [-0.2, -0.15) is 4.98 Å². The molecule has 1 unspecified atom stereocenters.